The average Bonchev–Trinajstić information content (AvgIpc) is 3.00. The van der Waals surface area contributed by atoms with Gasteiger partial charge in [-0.15, -0.1) is 23.5 Å². The smallest absolute Gasteiger partial charge is 0.124 e. The van der Waals surface area contributed by atoms with Crippen molar-refractivity contribution in [3.8, 4) is 5.75 Å². The molecule has 1 nitrogen and oxygen atoms in total. The molecule has 3 heteroatoms. The highest BCUT2D eigenvalue weighted by Crippen LogP contribution is 2.53. The van der Waals surface area contributed by atoms with Crippen molar-refractivity contribution in [3.05, 3.63) is 29.3 Å². The van der Waals surface area contributed by atoms with Gasteiger partial charge in [0.25, 0.3) is 0 Å². The van der Waals surface area contributed by atoms with Crippen LogP contribution in [0.4, 0.5) is 0 Å². The first kappa shape index (κ1) is 13.7. The molecule has 0 saturated heterocycles. The van der Waals surface area contributed by atoms with Crippen LogP contribution < -0.4 is 4.74 Å². The summed E-state index contributed by atoms with van der Waals surface area (Å²) in [5, 5.41) is 0. The highest BCUT2D eigenvalue weighted by Gasteiger charge is 2.37. The Hall–Kier alpha value is -0.280. The van der Waals surface area contributed by atoms with Gasteiger partial charge in [0.1, 0.15) is 5.75 Å². The van der Waals surface area contributed by atoms with E-state index < -0.39 is 0 Å². The fourth-order valence-electron chi connectivity index (χ4n) is 3.42. The maximum atomic E-state index is 5.87. The summed E-state index contributed by atoms with van der Waals surface area (Å²) in [4.78, 5) is 0. The van der Waals surface area contributed by atoms with Crippen LogP contribution >= 0.6 is 23.5 Å². The molecule has 0 unspecified atom stereocenters. The third-order valence-corrected chi connectivity index (χ3v) is 7.76. The highest BCUT2D eigenvalue weighted by molar-refractivity contribution is 8.16. The van der Waals surface area contributed by atoms with E-state index in [0.29, 0.717) is 0 Å². The average molecular weight is 294 g/mol. The van der Waals surface area contributed by atoms with E-state index in [4.69, 9.17) is 4.74 Å². The molecule has 1 heterocycles. The zero-order valence-electron chi connectivity index (χ0n) is 11.8. The maximum Gasteiger partial charge on any atom is 0.124 e. The fourth-order valence-corrected chi connectivity index (χ4v) is 5.42. The first-order valence-corrected chi connectivity index (χ1v) is 9.61. The molecule has 1 fully saturated rings. The first-order valence-electron chi connectivity index (χ1n) is 7.16. The first-order chi connectivity index (χ1) is 9.29. The van der Waals surface area contributed by atoms with Crippen molar-refractivity contribution < 1.29 is 4.74 Å². The van der Waals surface area contributed by atoms with Crippen LogP contribution in [0.3, 0.4) is 0 Å². The molecule has 0 spiro atoms. The second-order valence-corrected chi connectivity index (χ2v) is 7.97. The molecule has 1 saturated carbocycles. The van der Waals surface area contributed by atoms with E-state index >= 15 is 0 Å². The van der Waals surface area contributed by atoms with Crippen LogP contribution in [0.25, 0.3) is 0 Å². The third-order valence-electron chi connectivity index (χ3n) is 4.59. The van der Waals surface area contributed by atoms with E-state index in [9.17, 15) is 0 Å². The predicted octanol–water partition coefficient (Wildman–Crippen LogP) is 5.01. The zero-order chi connectivity index (χ0) is 13.3. The monoisotopic (exact) mass is 294 g/mol. The highest BCUT2D eigenvalue weighted by atomic mass is 32.2. The van der Waals surface area contributed by atoms with E-state index in [1.807, 2.05) is 23.5 Å². The van der Waals surface area contributed by atoms with Crippen molar-refractivity contribution in [2.75, 3.05) is 19.1 Å². The minimum Gasteiger partial charge on any atom is -0.493 e. The van der Waals surface area contributed by atoms with Gasteiger partial charge in [-0.3, -0.25) is 0 Å². The molecule has 0 bridgehead atoms. The topological polar surface area (TPSA) is 9.23 Å². The lowest BCUT2D eigenvalue weighted by atomic mass is 9.93. The van der Waals surface area contributed by atoms with E-state index in [1.165, 1.54) is 36.8 Å². The van der Waals surface area contributed by atoms with Crippen molar-refractivity contribution in [2.45, 2.75) is 42.1 Å². The Bertz CT molecular complexity index is 448. The van der Waals surface area contributed by atoms with Crippen LogP contribution in [0.5, 0.6) is 5.75 Å². The molecule has 0 N–H and O–H groups in total. The van der Waals surface area contributed by atoms with Gasteiger partial charge in [-0.1, -0.05) is 18.9 Å². The van der Waals surface area contributed by atoms with Gasteiger partial charge in [0.2, 0.25) is 0 Å². The van der Waals surface area contributed by atoms with Gasteiger partial charge >= 0.3 is 0 Å². The third kappa shape index (κ3) is 2.40. The largest absolute Gasteiger partial charge is 0.493 e. The SMILES string of the molecule is CSC1(SC)CCOc2ccc(C3CCCC3)cc21. The molecule has 104 valence electrons. The number of thioether (sulfide) groups is 2. The summed E-state index contributed by atoms with van der Waals surface area (Å²) >= 11 is 3.94. The van der Waals surface area contributed by atoms with Gasteiger partial charge in [0.05, 0.1) is 10.7 Å². The lowest BCUT2D eigenvalue weighted by Gasteiger charge is -2.36. The molecule has 0 amide bonds. The Morgan fingerprint density at radius 3 is 2.58 bits per heavy atom. The standard InChI is InChI=1S/C16H22OS2/c1-18-16(19-2)9-10-17-15-8-7-13(11-14(15)16)12-5-3-4-6-12/h7-8,11-12H,3-6,9-10H2,1-2H3. The molecule has 1 aliphatic carbocycles. The second kappa shape index (κ2) is 5.61. The molecule has 1 aromatic rings. The summed E-state index contributed by atoms with van der Waals surface area (Å²) in [7, 11) is 0. The Morgan fingerprint density at radius 2 is 1.89 bits per heavy atom. The van der Waals surface area contributed by atoms with E-state index in [-0.39, 0.29) is 4.08 Å². The van der Waals surface area contributed by atoms with Crippen LogP contribution in [0.2, 0.25) is 0 Å². The Kier molecular flexibility index (Phi) is 4.04. The zero-order valence-corrected chi connectivity index (χ0v) is 13.4. The van der Waals surface area contributed by atoms with Gasteiger partial charge in [-0.25, -0.2) is 0 Å². The summed E-state index contributed by atoms with van der Waals surface area (Å²) in [6, 6.07) is 6.95. The van der Waals surface area contributed by atoms with Gasteiger partial charge in [-0.2, -0.15) is 0 Å². The molecular weight excluding hydrogens is 272 g/mol. The summed E-state index contributed by atoms with van der Waals surface area (Å²) in [6.07, 6.45) is 11.1. The quantitative estimate of drug-likeness (QED) is 0.726. The lowest BCUT2D eigenvalue weighted by molar-refractivity contribution is 0.280. The normalized spacial score (nSPS) is 22.0. The van der Waals surface area contributed by atoms with Crippen LogP contribution in [-0.2, 0) is 4.08 Å². The van der Waals surface area contributed by atoms with Gasteiger partial charge < -0.3 is 4.74 Å². The number of hydrogen-bond acceptors (Lipinski definition) is 3. The number of hydrogen-bond donors (Lipinski definition) is 0. The molecule has 3 rings (SSSR count). The number of benzene rings is 1. The van der Waals surface area contributed by atoms with Crippen LogP contribution in [-0.4, -0.2) is 19.1 Å². The van der Waals surface area contributed by atoms with Crippen molar-refractivity contribution in [3.63, 3.8) is 0 Å². The fraction of sp³-hybridized carbons (Fsp3) is 0.625. The number of ether oxygens (including phenoxy) is 1. The number of fused-ring (bicyclic) bond motifs is 1. The molecule has 0 aromatic heterocycles. The molecule has 1 aliphatic heterocycles. The summed E-state index contributed by atoms with van der Waals surface area (Å²) in [5.41, 5.74) is 2.96. The predicted molar refractivity (Wildman–Crippen MR) is 86.5 cm³/mol. The molecule has 19 heavy (non-hydrogen) atoms. The van der Waals surface area contributed by atoms with Gasteiger partial charge in [0, 0.05) is 12.0 Å². The summed E-state index contributed by atoms with van der Waals surface area (Å²) < 4.78 is 6.07. The van der Waals surface area contributed by atoms with Gasteiger partial charge in [-0.05, 0) is 49.0 Å². The van der Waals surface area contributed by atoms with Crippen LogP contribution in [0.1, 0.15) is 49.1 Å². The van der Waals surface area contributed by atoms with Crippen molar-refractivity contribution in [2.24, 2.45) is 0 Å². The van der Waals surface area contributed by atoms with E-state index in [1.54, 1.807) is 0 Å². The minimum absolute atomic E-state index is 0.197. The minimum atomic E-state index is 0.197. The summed E-state index contributed by atoms with van der Waals surface area (Å²) in [5.74, 6) is 1.89. The molecule has 2 aliphatic rings. The molecule has 1 aromatic carbocycles. The Balaban J connectivity index is 2.01. The number of rotatable bonds is 3. The Labute approximate surface area is 124 Å². The molecule has 0 radical (unpaired) electrons. The second-order valence-electron chi connectivity index (χ2n) is 5.50. The van der Waals surface area contributed by atoms with Gasteiger partial charge in [0.15, 0.2) is 0 Å². The van der Waals surface area contributed by atoms with E-state index in [2.05, 4.69) is 30.7 Å². The maximum absolute atomic E-state index is 5.87. The van der Waals surface area contributed by atoms with Crippen molar-refractivity contribution >= 4 is 23.5 Å². The summed E-state index contributed by atoms with van der Waals surface area (Å²) in [6.45, 7) is 0.845. The van der Waals surface area contributed by atoms with Crippen molar-refractivity contribution in [1.82, 2.24) is 0 Å². The van der Waals surface area contributed by atoms with Crippen LogP contribution in [0, 0.1) is 0 Å². The molecule has 0 atom stereocenters. The lowest BCUT2D eigenvalue weighted by Crippen LogP contribution is -2.26. The Morgan fingerprint density at radius 1 is 1.16 bits per heavy atom. The van der Waals surface area contributed by atoms with Crippen molar-refractivity contribution in [1.29, 1.82) is 0 Å². The molecular formula is C16H22OS2. The van der Waals surface area contributed by atoms with E-state index in [0.717, 1.165) is 24.7 Å². The van der Waals surface area contributed by atoms with Crippen LogP contribution in [0.15, 0.2) is 18.2 Å².